The number of aryl methyl sites for hydroxylation is 1. The fraction of sp³-hybridized carbons (Fsp3) is 0.462. The number of nitrogens with two attached hydrogens (primary N) is 1. The van der Waals surface area contributed by atoms with E-state index in [9.17, 15) is 9.18 Å². The van der Waals surface area contributed by atoms with Crippen LogP contribution in [-0.2, 0) is 0 Å². The van der Waals surface area contributed by atoms with Crippen molar-refractivity contribution in [3.8, 4) is 0 Å². The van der Waals surface area contributed by atoms with Gasteiger partial charge < -0.3 is 10.6 Å². The van der Waals surface area contributed by atoms with Gasteiger partial charge in [0.15, 0.2) is 0 Å². The topological polar surface area (TPSA) is 46.3 Å². The Morgan fingerprint density at radius 1 is 1.39 bits per heavy atom. The molecule has 98 valence electrons. The summed E-state index contributed by atoms with van der Waals surface area (Å²) in [5.41, 5.74) is 6.63. The Kier molecular flexibility index (Phi) is 4.11. The highest BCUT2D eigenvalue weighted by molar-refractivity contribution is 7.99. The molecule has 0 spiro atoms. The van der Waals surface area contributed by atoms with Gasteiger partial charge in [0.2, 0.25) is 0 Å². The lowest BCUT2D eigenvalue weighted by Crippen LogP contribution is -2.33. The highest BCUT2D eigenvalue weighted by Gasteiger charge is 2.21. The van der Waals surface area contributed by atoms with Gasteiger partial charge >= 0.3 is 0 Å². The average Bonchev–Trinajstić information content (AvgIpc) is 2.61. The molecule has 0 aromatic heterocycles. The number of carbonyl (C=O) groups is 1. The average molecular weight is 268 g/mol. The molecule has 1 aromatic carbocycles. The minimum absolute atomic E-state index is 0.0967. The Balaban J connectivity index is 2.27. The van der Waals surface area contributed by atoms with E-state index in [1.807, 2.05) is 11.8 Å². The fourth-order valence-electron chi connectivity index (χ4n) is 2.07. The Morgan fingerprint density at radius 3 is 2.94 bits per heavy atom. The molecule has 2 N–H and O–H groups in total. The van der Waals surface area contributed by atoms with E-state index in [0.29, 0.717) is 24.3 Å². The van der Waals surface area contributed by atoms with Crippen LogP contribution in [-0.4, -0.2) is 35.4 Å². The van der Waals surface area contributed by atoms with Crippen molar-refractivity contribution >= 4 is 23.4 Å². The Morgan fingerprint density at radius 2 is 2.17 bits per heavy atom. The normalized spacial score (nSPS) is 16.4. The number of thioether (sulfide) groups is 1. The van der Waals surface area contributed by atoms with Crippen LogP contribution in [0.4, 0.5) is 10.1 Å². The van der Waals surface area contributed by atoms with Crippen molar-refractivity contribution in [2.24, 2.45) is 0 Å². The number of rotatable bonds is 1. The summed E-state index contributed by atoms with van der Waals surface area (Å²) in [6.07, 6.45) is 0.958. The number of anilines is 1. The first kappa shape index (κ1) is 13.2. The minimum atomic E-state index is -0.453. The molecule has 2 rings (SSSR count). The molecular weight excluding hydrogens is 251 g/mol. The third-order valence-electron chi connectivity index (χ3n) is 3.02. The van der Waals surface area contributed by atoms with Crippen molar-refractivity contribution in [1.29, 1.82) is 0 Å². The number of hydrogen-bond acceptors (Lipinski definition) is 3. The predicted octanol–water partition coefficient (Wildman–Crippen LogP) is 2.30. The van der Waals surface area contributed by atoms with Crippen molar-refractivity contribution in [3.05, 3.63) is 29.1 Å². The van der Waals surface area contributed by atoms with Crippen LogP contribution < -0.4 is 5.73 Å². The summed E-state index contributed by atoms with van der Waals surface area (Å²) in [5.74, 6) is 1.27. The zero-order valence-electron chi connectivity index (χ0n) is 10.4. The maximum absolute atomic E-state index is 14.0. The van der Waals surface area contributed by atoms with Crippen LogP contribution in [0.25, 0.3) is 0 Å². The molecule has 1 saturated heterocycles. The highest BCUT2D eigenvalue weighted by atomic mass is 32.2. The molecule has 1 fully saturated rings. The molecule has 0 radical (unpaired) electrons. The van der Waals surface area contributed by atoms with Crippen LogP contribution in [0.5, 0.6) is 0 Å². The first-order chi connectivity index (χ1) is 8.59. The summed E-state index contributed by atoms with van der Waals surface area (Å²) < 4.78 is 14.0. The lowest BCUT2D eigenvalue weighted by Gasteiger charge is -2.20. The number of halogens is 1. The molecule has 0 unspecified atom stereocenters. The summed E-state index contributed by atoms with van der Waals surface area (Å²) in [5, 5.41) is 0. The third-order valence-corrected chi connectivity index (χ3v) is 4.07. The second-order valence-electron chi connectivity index (χ2n) is 4.46. The van der Waals surface area contributed by atoms with Gasteiger partial charge in [0.25, 0.3) is 5.91 Å². The van der Waals surface area contributed by atoms with Crippen LogP contribution in [0.1, 0.15) is 22.3 Å². The van der Waals surface area contributed by atoms with Crippen LogP contribution >= 0.6 is 11.8 Å². The molecule has 18 heavy (non-hydrogen) atoms. The van der Waals surface area contributed by atoms with E-state index >= 15 is 0 Å². The molecular formula is C13H17FN2OS. The molecule has 0 atom stereocenters. The van der Waals surface area contributed by atoms with Gasteiger partial charge in [-0.15, -0.1) is 0 Å². The second kappa shape index (κ2) is 5.61. The van der Waals surface area contributed by atoms with Gasteiger partial charge in [-0.05, 0) is 36.8 Å². The van der Waals surface area contributed by atoms with Gasteiger partial charge in [-0.25, -0.2) is 4.39 Å². The Bertz CT molecular complexity index is 457. The Hall–Kier alpha value is -1.23. The molecule has 0 saturated carbocycles. The number of nitrogen functional groups attached to an aromatic ring is 1. The molecule has 1 aliphatic heterocycles. The molecule has 3 nitrogen and oxygen atoms in total. The fourth-order valence-corrected chi connectivity index (χ4v) is 2.96. The standard InChI is InChI=1S/C13H17FN2OS/c1-9-7-10(15)8-11(12(9)14)13(17)16-3-2-5-18-6-4-16/h7-8H,2-6,15H2,1H3. The van der Waals surface area contributed by atoms with Gasteiger partial charge in [-0.2, -0.15) is 11.8 Å². The molecule has 5 heteroatoms. The van der Waals surface area contributed by atoms with Gasteiger partial charge in [0.05, 0.1) is 5.56 Å². The van der Waals surface area contributed by atoms with Crippen LogP contribution in [0.3, 0.4) is 0 Å². The van der Waals surface area contributed by atoms with Crippen LogP contribution in [0.15, 0.2) is 12.1 Å². The van der Waals surface area contributed by atoms with Gasteiger partial charge in [-0.3, -0.25) is 4.79 Å². The first-order valence-electron chi connectivity index (χ1n) is 6.02. The van der Waals surface area contributed by atoms with E-state index in [0.717, 1.165) is 17.9 Å². The zero-order valence-corrected chi connectivity index (χ0v) is 11.2. The van der Waals surface area contributed by atoms with E-state index in [1.165, 1.54) is 6.07 Å². The highest BCUT2D eigenvalue weighted by Crippen LogP contribution is 2.20. The van der Waals surface area contributed by atoms with E-state index in [2.05, 4.69) is 0 Å². The first-order valence-corrected chi connectivity index (χ1v) is 7.17. The third kappa shape index (κ3) is 2.77. The quantitative estimate of drug-likeness (QED) is 0.795. The largest absolute Gasteiger partial charge is 0.399 e. The number of hydrogen-bond donors (Lipinski definition) is 1. The van der Waals surface area contributed by atoms with Gasteiger partial charge in [-0.1, -0.05) is 0 Å². The van der Waals surface area contributed by atoms with Crippen molar-refractivity contribution in [2.45, 2.75) is 13.3 Å². The smallest absolute Gasteiger partial charge is 0.256 e. The van der Waals surface area contributed by atoms with E-state index < -0.39 is 5.82 Å². The van der Waals surface area contributed by atoms with Crippen molar-refractivity contribution in [1.82, 2.24) is 4.90 Å². The summed E-state index contributed by atoms with van der Waals surface area (Å²) >= 11 is 1.83. The van der Waals surface area contributed by atoms with E-state index in [-0.39, 0.29) is 11.5 Å². The predicted molar refractivity (Wildman–Crippen MR) is 73.4 cm³/mol. The van der Waals surface area contributed by atoms with Gasteiger partial charge in [0.1, 0.15) is 5.82 Å². The van der Waals surface area contributed by atoms with E-state index in [1.54, 1.807) is 17.9 Å². The number of amides is 1. The molecule has 1 aliphatic rings. The zero-order chi connectivity index (χ0) is 13.1. The minimum Gasteiger partial charge on any atom is -0.399 e. The van der Waals surface area contributed by atoms with Crippen LogP contribution in [0.2, 0.25) is 0 Å². The summed E-state index contributed by atoms with van der Waals surface area (Å²) in [6, 6.07) is 2.98. The lowest BCUT2D eigenvalue weighted by molar-refractivity contribution is 0.0763. The van der Waals surface area contributed by atoms with Gasteiger partial charge in [0, 0.05) is 24.5 Å². The van der Waals surface area contributed by atoms with Crippen molar-refractivity contribution < 1.29 is 9.18 Å². The van der Waals surface area contributed by atoms with Crippen molar-refractivity contribution in [3.63, 3.8) is 0 Å². The molecule has 1 aromatic rings. The number of benzene rings is 1. The van der Waals surface area contributed by atoms with Crippen LogP contribution in [0, 0.1) is 12.7 Å². The maximum atomic E-state index is 14.0. The molecule has 1 amide bonds. The number of nitrogens with zero attached hydrogens (tertiary/aromatic N) is 1. The number of carbonyl (C=O) groups excluding carboxylic acids is 1. The summed E-state index contributed by atoms with van der Waals surface area (Å²) in [4.78, 5) is 14.0. The maximum Gasteiger partial charge on any atom is 0.256 e. The molecule has 0 aliphatic carbocycles. The monoisotopic (exact) mass is 268 g/mol. The SMILES string of the molecule is Cc1cc(N)cc(C(=O)N2CCCSCC2)c1F. The second-order valence-corrected chi connectivity index (χ2v) is 5.68. The van der Waals surface area contributed by atoms with Crippen molar-refractivity contribution in [2.75, 3.05) is 30.3 Å². The summed E-state index contributed by atoms with van der Waals surface area (Å²) in [7, 11) is 0. The molecule has 0 bridgehead atoms. The summed E-state index contributed by atoms with van der Waals surface area (Å²) in [6.45, 7) is 3.00. The lowest BCUT2D eigenvalue weighted by atomic mass is 10.1. The van der Waals surface area contributed by atoms with E-state index in [4.69, 9.17) is 5.73 Å². The molecule has 1 heterocycles. The Labute approximate surface area is 111 Å².